The highest BCUT2D eigenvalue weighted by atomic mass is 16.5. The zero-order chi connectivity index (χ0) is 12.7. The molecule has 0 saturated carbocycles. The van der Waals surface area contributed by atoms with Crippen LogP contribution in [-0.4, -0.2) is 20.9 Å². The lowest BCUT2D eigenvalue weighted by atomic mass is 10.1. The Kier molecular flexibility index (Phi) is 2.41. The monoisotopic (exact) mass is 244 g/mol. The van der Waals surface area contributed by atoms with E-state index in [1.165, 1.54) is 5.56 Å². The van der Waals surface area contributed by atoms with Crippen molar-refractivity contribution in [3.05, 3.63) is 46.8 Å². The SMILES string of the molecule is Cc1cc(C(=O)O)nn1-c1ccc2c(c1)COC2. The van der Waals surface area contributed by atoms with E-state index < -0.39 is 5.97 Å². The molecule has 1 aromatic carbocycles. The van der Waals surface area contributed by atoms with Crippen molar-refractivity contribution in [1.82, 2.24) is 9.78 Å². The lowest BCUT2D eigenvalue weighted by molar-refractivity contribution is 0.0690. The molecule has 0 spiro atoms. The summed E-state index contributed by atoms with van der Waals surface area (Å²) >= 11 is 0. The number of benzene rings is 1. The molecule has 0 amide bonds. The van der Waals surface area contributed by atoms with Crippen molar-refractivity contribution in [2.45, 2.75) is 20.1 Å². The second-order valence-corrected chi connectivity index (χ2v) is 4.33. The number of aromatic nitrogens is 2. The van der Waals surface area contributed by atoms with Crippen molar-refractivity contribution in [2.24, 2.45) is 0 Å². The zero-order valence-electron chi connectivity index (χ0n) is 9.88. The number of carboxylic acids is 1. The molecule has 1 N–H and O–H groups in total. The Labute approximate surface area is 104 Å². The Morgan fingerprint density at radius 2 is 2.11 bits per heavy atom. The molecule has 3 rings (SSSR count). The fourth-order valence-corrected chi connectivity index (χ4v) is 2.13. The highest BCUT2D eigenvalue weighted by molar-refractivity contribution is 5.85. The summed E-state index contributed by atoms with van der Waals surface area (Å²) in [6.45, 7) is 3.09. The minimum Gasteiger partial charge on any atom is -0.476 e. The molecular weight excluding hydrogens is 232 g/mol. The molecule has 0 fully saturated rings. The highest BCUT2D eigenvalue weighted by Gasteiger charge is 2.15. The van der Waals surface area contributed by atoms with Crippen LogP contribution < -0.4 is 0 Å². The van der Waals surface area contributed by atoms with Crippen LogP contribution in [0.15, 0.2) is 24.3 Å². The minimum absolute atomic E-state index is 0.0595. The van der Waals surface area contributed by atoms with Gasteiger partial charge in [0.1, 0.15) is 0 Å². The number of aryl methyl sites for hydroxylation is 1. The molecule has 0 aliphatic carbocycles. The van der Waals surface area contributed by atoms with Crippen LogP contribution in [0.3, 0.4) is 0 Å². The van der Waals surface area contributed by atoms with Crippen LogP contribution >= 0.6 is 0 Å². The number of hydrogen-bond donors (Lipinski definition) is 1. The van der Waals surface area contributed by atoms with Crippen LogP contribution in [0, 0.1) is 6.92 Å². The topological polar surface area (TPSA) is 64.3 Å². The Balaban J connectivity index is 2.07. The van der Waals surface area contributed by atoms with Crippen LogP contribution in [0.1, 0.15) is 27.3 Å². The molecule has 2 aromatic rings. The van der Waals surface area contributed by atoms with E-state index in [9.17, 15) is 4.79 Å². The first-order chi connectivity index (χ1) is 8.65. The van der Waals surface area contributed by atoms with Gasteiger partial charge in [-0.1, -0.05) is 6.07 Å². The number of hydrogen-bond acceptors (Lipinski definition) is 3. The molecule has 5 nitrogen and oxygen atoms in total. The van der Waals surface area contributed by atoms with Gasteiger partial charge in [0.2, 0.25) is 0 Å². The molecule has 1 aromatic heterocycles. The number of aromatic carboxylic acids is 1. The van der Waals surface area contributed by atoms with Crippen molar-refractivity contribution in [3.63, 3.8) is 0 Å². The second-order valence-electron chi connectivity index (χ2n) is 4.33. The smallest absolute Gasteiger partial charge is 0.356 e. The van der Waals surface area contributed by atoms with Gasteiger partial charge >= 0.3 is 5.97 Å². The van der Waals surface area contributed by atoms with Crippen molar-refractivity contribution in [1.29, 1.82) is 0 Å². The molecule has 2 heterocycles. The predicted octanol–water partition coefficient (Wildman–Crippen LogP) is 1.91. The van der Waals surface area contributed by atoms with E-state index in [0.717, 1.165) is 16.9 Å². The largest absolute Gasteiger partial charge is 0.476 e. The average molecular weight is 244 g/mol. The molecule has 18 heavy (non-hydrogen) atoms. The number of rotatable bonds is 2. The van der Waals surface area contributed by atoms with Crippen molar-refractivity contribution in [3.8, 4) is 5.69 Å². The zero-order valence-corrected chi connectivity index (χ0v) is 9.88. The van der Waals surface area contributed by atoms with Crippen LogP contribution in [0.2, 0.25) is 0 Å². The number of nitrogens with zero attached hydrogens (tertiary/aromatic N) is 2. The van der Waals surface area contributed by atoms with E-state index in [1.54, 1.807) is 10.7 Å². The third-order valence-electron chi connectivity index (χ3n) is 3.06. The van der Waals surface area contributed by atoms with E-state index in [2.05, 4.69) is 5.10 Å². The normalized spacial score (nSPS) is 13.6. The maximum atomic E-state index is 10.9. The van der Waals surface area contributed by atoms with E-state index in [0.29, 0.717) is 13.2 Å². The third-order valence-corrected chi connectivity index (χ3v) is 3.06. The second kappa shape index (κ2) is 3.96. The molecule has 1 aliphatic heterocycles. The average Bonchev–Trinajstić information content (AvgIpc) is 2.93. The van der Waals surface area contributed by atoms with Gasteiger partial charge in [0.25, 0.3) is 0 Å². The van der Waals surface area contributed by atoms with Gasteiger partial charge in [-0.25, -0.2) is 9.48 Å². The van der Waals surface area contributed by atoms with E-state index >= 15 is 0 Å². The van der Waals surface area contributed by atoms with E-state index in [1.807, 2.05) is 25.1 Å². The van der Waals surface area contributed by atoms with Gasteiger partial charge < -0.3 is 9.84 Å². The maximum Gasteiger partial charge on any atom is 0.356 e. The predicted molar refractivity (Wildman–Crippen MR) is 63.8 cm³/mol. The van der Waals surface area contributed by atoms with Gasteiger partial charge in [0.15, 0.2) is 5.69 Å². The fraction of sp³-hybridized carbons (Fsp3) is 0.231. The minimum atomic E-state index is -1.01. The summed E-state index contributed by atoms with van der Waals surface area (Å²) in [5.74, 6) is -1.01. The Hall–Kier alpha value is -2.14. The summed E-state index contributed by atoms with van der Waals surface area (Å²) in [5.41, 5.74) is 4.04. The lowest BCUT2D eigenvalue weighted by Crippen LogP contribution is -2.02. The van der Waals surface area contributed by atoms with E-state index in [-0.39, 0.29) is 5.69 Å². The standard InChI is InChI=1S/C13H12N2O3/c1-8-4-12(13(16)17)14-15(8)11-3-2-9-6-18-7-10(9)5-11/h2-5H,6-7H2,1H3,(H,16,17). The number of carbonyl (C=O) groups is 1. The summed E-state index contributed by atoms with van der Waals surface area (Å²) in [6, 6.07) is 7.48. The van der Waals surface area contributed by atoms with E-state index in [4.69, 9.17) is 9.84 Å². The fourth-order valence-electron chi connectivity index (χ4n) is 2.13. The molecule has 0 radical (unpaired) electrons. The van der Waals surface area contributed by atoms with Crippen LogP contribution in [-0.2, 0) is 18.0 Å². The van der Waals surface area contributed by atoms with Crippen LogP contribution in [0.5, 0.6) is 0 Å². The van der Waals surface area contributed by atoms with Crippen molar-refractivity contribution < 1.29 is 14.6 Å². The Morgan fingerprint density at radius 3 is 2.83 bits per heavy atom. The summed E-state index contributed by atoms with van der Waals surface area (Å²) in [7, 11) is 0. The number of fused-ring (bicyclic) bond motifs is 1. The summed E-state index contributed by atoms with van der Waals surface area (Å²) in [6.07, 6.45) is 0. The molecule has 1 aliphatic rings. The number of carboxylic acid groups (broad SMARTS) is 1. The van der Waals surface area contributed by atoms with Gasteiger partial charge in [-0.3, -0.25) is 0 Å². The molecule has 5 heteroatoms. The van der Waals surface area contributed by atoms with Crippen LogP contribution in [0.25, 0.3) is 5.69 Å². The number of ether oxygens (including phenoxy) is 1. The molecule has 92 valence electrons. The molecule has 0 bridgehead atoms. The van der Waals surface area contributed by atoms with Crippen molar-refractivity contribution >= 4 is 5.97 Å². The summed E-state index contributed by atoms with van der Waals surface area (Å²) < 4.78 is 7.00. The van der Waals surface area contributed by atoms with Gasteiger partial charge in [-0.05, 0) is 36.2 Å². The first-order valence-electron chi connectivity index (χ1n) is 5.65. The molecule has 0 unspecified atom stereocenters. The first-order valence-corrected chi connectivity index (χ1v) is 5.65. The Bertz CT molecular complexity index is 631. The molecular formula is C13H12N2O3. The molecule has 0 saturated heterocycles. The molecule has 0 atom stereocenters. The van der Waals surface area contributed by atoms with Crippen LogP contribution in [0.4, 0.5) is 0 Å². The van der Waals surface area contributed by atoms with Gasteiger partial charge in [0.05, 0.1) is 18.9 Å². The lowest BCUT2D eigenvalue weighted by Gasteiger charge is -2.06. The third kappa shape index (κ3) is 1.69. The maximum absolute atomic E-state index is 10.9. The summed E-state index contributed by atoms with van der Waals surface area (Å²) in [4.78, 5) is 10.9. The first kappa shape index (κ1) is 11.0. The highest BCUT2D eigenvalue weighted by Crippen LogP contribution is 2.23. The summed E-state index contributed by atoms with van der Waals surface area (Å²) in [5, 5.41) is 13.0. The van der Waals surface area contributed by atoms with Gasteiger partial charge in [-0.15, -0.1) is 0 Å². The quantitative estimate of drug-likeness (QED) is 0.876. The van der Waals surface area contributed by atoms with Gasteiger partial charge in [0, 0.05) is 5.69 Å². The van der Waals surface area contributed by atoms with Crippen molar-refractivity contribution in [2.75, 3.05) is 0 Å². The van der Waals surface area contributed by atoms with Gasteiger partial charge in [-0.2, -0.15) is 5.10 Å². The Morgan fingerprint density at radius 1 is 1.33 bits per heavy atom.